The molecule has 1 atom stereocenters. The maximum absolute atomic E-state index is 12.7. The van der Waals surface area contributed by atoms with E-state index in [1.165, 1.54) is 0 Å². The molecule has 1 aliphatic heterocycles. The molecular formula is C8H9F5N2O2. The molecule has 0 saturated carbocycles. The van der Waals surface area contributed by atoms with E-state index in [-0.39, 0.29) is 13.0 Å². The zero-order valence-electron chi connectivity index (χ0n) is 8.43. The molecule has 1 rings (SSSR count). The lowest BCUT2D eigenvalue weighted by Crippen LogP contribution is -2.51. The Balaban J connectivity index is 2.77. The molecule has 17 heavy (non-hydrogen) atoms. The number of alkyl halides is 5. The summed E-state index contributed by atoms with van der Waals surface area (Å²) in [6.45, 7) is -0.835. The first-order valence-electron chi connectivity index (χ1n) is 4.60. The minimum absolute atomic E-state index is 0.00495. The zero-order chi connectivity index (χ0) is 13.4. The average Bonchev–Trinajstić information content (AvgIpc) is 2.63. The molecule has 0 aromatic heterocycles. The van der Waals surface area contributed by atoms with Gasteiger partial charge in [-0.1, -0.05) is 0 Å². The highest BCUT2D eigenvalue weighted by Crippen LogP contribution is 2.37. The monoisotopic (exact) mass is 260 g/mol. The van der Waals surface area contributed by atoms with E-state index in [0.717, 1.165) is 0 Å². The average molecular weight is 260 g/mol. The molecule has 1 aliphatic rings. The number of amides is 2. The number of halogens is 5. The lowest BCUT2D eigenvalue weighted by atomic mass is 10.1. The Hall–Kier alpha value is -1.41. The summed E-state index contributed by atoms with van der Waals surface area (Å²) in [4.78, 5) is 22.0. The third kappa shape index (κ3) is 2.47. The summed E-state index contributed by atoms with van der Waals surface area (Å²) in [5.74, 6) is -9.47. The maximum atomic E-state index is 12.7. The fourth-order valence-corrected chi connectivity index (χ4v) is 1.50. The predicted octanol–water partition coefficient (Wildman–Crippen LogP) is 0.518. The van der Waals surface area contributed by atoms with Gasteiger partial charge in [0, 0.05) is 13.1 Å². The molecule has 2 amide bonds. The molecule has 0 aromatic carbocycles. The molecule has 4 nitrogen and oxygen atoms in total. The van der Waals surface area contributed by atoms with E-state index < -0.39 is 36.4 Å². The van der Waals surface area contributed by atoms with Gasteiger partial charge in [-0.05, 0) is 6.42 Å². The van der Waals surface area contributed by atoms with Gasteiger partial charge in [-0.3, -0.25) is 9.59 Å². The molecule has 1 fully saturated rings. The van der Waals surface area contributed by atoms with E-state index in [2.05, 4.69) is 0 Å². The lowest BCUT2D eigenvalue weighted by molar-refractivity contribution is -0.274. The molecular weight excluding hydrogens is 251 g/mol. The smallest absolute Gasteiger partial charge is 0.369 e. The number of likely N-dealkylation sites (tertiary alicyclic amines) is 1. The maximum Gasteiger partial charge on any atom is 0.463 e. The van der Waals surface area contributed by atoms with Crippen molar-refractivity contribution >= 4 is 11.8 Å². The van der Waals surface area contributed by atoms with Crippen LogP contribution in [0, 0.1) is 5.92 Å². The van der Waals surface area contributed by atoms with Gasteiger partial charge in [0.15, 0.2) is 0 Å². The predicted molar refractivity (Wildman–Crippen MR) is 44.9 cm³/mol. The quantitative estimate of drug-likeness (QED) is 0.735. The molecule has 1 heterocycles. The number of carbonyl (C=O) groups is 2. The van der Waals surface area contributed by atoms with Crippen LogP contribution in [0.25, 0.3) is 0 Å². The number of nitrogens with zero attached hydrogens (tertiary/aromatic N) is 1. The van der Waals surface area contributed by atoms with E-state index in [1.54, 1.807) is 0 Å². The molecule has 9 heteroatoms. The number of hydrogen-bond donors (Lipinski definition) is 1. The van der Waals surface area contributed by atoms with E-state index in [4.69, 9.17) is 5.73 Å². The minimum atomic E-state index is -5.94. The normalized spacial score (nSPS) is 21.7. The second-order valence-electron chi connectivity index (χ2n) is 3.71. The van der Waals surface area contributed by atoms with Gasteiger partial charge in [0.2, 0.25) is 5.91 Å². The highest BCUT2D eigenvalue weighted by Gasteiger charge is 2.65. The first-order chi connectivity index (χ1) is 7.57. The highest BCUT2D eigenvalue weighted by atomic mass is 19.4. The van der Waals surface area contributed by atoms with Gasteiger partial charge < -0.3 is 10.6 Å². The zero-order valence-corrected chi connectivity index (χ0v) is 8.43. The molecule has 0 radical (unpaired) electrons. The van der Waals surface area contributed by atoms with Crippen molar-refractivity contribution in [2.75, 3.05) is 13.1 Å². The van der Waals surface area contributed by atoms with Crippen molar-refractivity contribution in [3.05, 3.63) is 0 Å². The third-order valence-corrected chi connectivity index (χ3v) is 2.50. The van der Waals surface area contributed by atoms with Gasteiger partial charge >= 0.3 is 18.0 Å². The first kappa shape index (κ1) is 13.7. The fraction of sp³-hybridized carbons (Fsp3) is 0.750. The number of rotatable bonds is 2. The summed E-state index contributed by atoms with van der Waals surface area (Å²) >= 11 is 0. The molecule has 0 spiro atoms. The largest absolute Gasteiger partial charge is 0.463 e. The van der Waals surface area contributed by atoms with Crippen LogP contribution in [-0.4, -0.2) is 41.9 Å². The van der Waals surface area contributed by atoms with E-state index >= 15 is 0 Å². The van der Waals surface area contributed by atoms with Crippen LogP contribution in [0.4, 0.5) is 22.0 Å². The second kappa shape index (κ2) is 4.11. The first-order valence-corrected chi connectivity index (χ1v) is 4.60. The van der Waals surface area contributed by atoms with E-state index in [0.29, 0.717) is 4.90 Å². The highest BCUT2D eigenvalue weighted by molar-refractivity contribution is 5.86. The van der Waals surface area contributed by atoms with Gasteiger partial charge in [0.05, 0.1) is 5.92 Å². The molecule has 0 aromatic rings. The number of nitrogens with two attached hydrogens (primary N) is 1. The summed E-state index contributed by atoms with van der Waals surface area (Å²) in [6.07, 6.45) is -5.94. The summed E-state index contributed by atoms with van der Waals surface area (Å²) in [5.41, 5.74) is 4.87. The van der Waals surface area contributed by atoms with Crippen molar-refractivity contribution in [3.8, 4) is 0 Å². The van der Waals surface area contributed by atoms with Crippen molar-refractivity contribution in [3.63, 3.8) is 0 Å². The third-order valence-electron chi connectivity index (χ3n) is 2.50. The van der Waals surface area contributed by atoms with E-state index in [1.807, 2.05) is 0 Å². The number of primary amides is 1. The lowest BCUT2D eigenvalue weighted by Gasteiger charge is -2.24. The summed E-state index contributed by atoms with van der Waals surface area (Å²) < 4.78 is 61.1. The van der Waals surface area contributed by atoms with Crippen molar-refractivity contribution in [2.24, 2.45) is 11.7 Å². The van der Waals surface area contributed by atoms with Crippen molar-refractivity contribution < 1.29 is 31.5 Å². The topological polar surface area (TPSA) is 63.4 Å². The second-order valence-corrected chi connectivity index (χ2v) is 3.71. The summed E-state index contributed by atoms with van der Waals surface area (Å²) in [5, 5.41) is 0. The van der Waals surface area contributed by atoms with Crippen LogP contribution in [0.3, 0.4) is 0 Å². The van der Waals surface area contributed by atoms with Crippen LogP contribution in [0.15, 0.2) is 0 Å². The molecule has 2 N–H and O–H groups in total. The molecule has 1 saturated heterocycles. The van der Waals surface area contributed by atoms with Crippen LogP contribution < -0.4 is 5.73 Å². The van der Waals surface area contributed by atoms with Gasteiger partial charge in [-0.2, -0.15) is 22.0 Å². The summed E-state index contributed by atoms with van der Waals surface area (Å²) in [6, 6.07) is 0. The van der Waals surface area contributed by atoms with Gasteiger partial charge in [0.1, 0.15) is 0 Å². The van der Waals surface area contributed by atoms with Crippen LogP contribution in [0.5, 0.6) is 0 Å². The molecule has 0 bridgehead atoms. The summed E-state index contributed by atoms with van der Waals surface area (Å²) in [7, 11) is 0. The Morgan fingerprint density at radius 1 is 1.18 bits per heavy atom. The standard InChI is InChI=1S/C8H9F5N2O2/c9-7(10,8(11,12)13)6(17)15-2-1-4(3-15)5(14)16/h4H,1-3H2,(H2,14,16). The Bertz CT molecular complexity index is 341. The van der Waals surface area contributed by atoms with Crippen LogP contribution in [-0.2, 0) is 9.59 Å². The molecule has 1 unspecified atom stereocenters. The Morgan fingerprint density at radius 3 is 2.06 bits per heavy atom. The molecule has 98 valence electrons. The van der Waals surface area contributed by atoms with Gasteiger partial charge in [0.25, 0.3) is 0 Å². The van der Waals surface area contributed by atoms with Crippen molar-refractivity contribution in [2.45, 2.75) is 18.5 Å². The van der Waals surface area contributed by atoms with Gasteiger partial charge in [-0.25, -0.2) is 0 Å². The van der Waals surface area contributed by atoms with Gasteiger partial charge in [-0.15, -0.1) is 0 Å². The Labute approximate surface area is 92.5 Å². The number of hydrogen-bond acceptors (Lipinski definition) is 2. The molecule has 0 aliphatic carbocycles. The van der Waals surface area contributed by atoms with Crippen molar-refractivity contribution in [1.29, 1.82) is 0 Å². The Morgan fingerprint density at radius 2 is 1.71 bits per heavy atom. The van der Waals surface area contributed by atoms with Crippen LogP contribution in [0.2, 0.25) is 0 Å². The number of carbonyl (C=O) groups excluding carboxylic acids is 2. The SMILES string of the molecule is NC(=O)C1CCN(C(=O)C(F)(F)C(F)(F)F)C1. The van der Waals surface area contributed by atoms with Crippen LogP contribution >= 0.6 is 0 Å². The Kier molecular flexibility index (Phi) is 3.30. The fourth-order valence-electron chi connectivity index (χ4n) is 1.50. The van der Waals surface area contributed by atoms with Crippen LogP contribution in [0.1, 0.15) is 6.42 Å². The minimum Gasteiger partial charge on any atom is -0.369 e. The van der Waals surface area contributed by atoms with Crippen molar-refractivity contribution in [1.82, 2.24) is 4.90 Å². The van der Waals surface area contributed by atoms with E-state index in [9.17, 15) is 31.5 Å².